The normalized spacial score (nSPS) is 10.5. The zero-order chi connectivity index (χ0) is 9.84. The zero-order valence-corrected chi connectivity index (χ0v) is 10.1. The Morgan fingerprint density at radius 1 is 1.36 bits per heavy atom. The molecule has 2 N–H and O–H groups in total. The van der Waals surface area contributed by atoms with Crippen LogP contribution in [0.5, 0.6) is 5.75 Å². The molecule has 0 heterocycles. The minimum Gasteiger partial charge on any atom is -1.00 e. The molecule has 0 atom stereocenters. The number of hydrogen-bond acceptors (Lipinski definition) is 2. The third-order valence-electron chi connectivity index (χ3n) is 1.61. The van der Waals surface area contributed by atoms with Crippen LogP contribution in [-0.4, -0.2) is 53.9 Å². The van der Waals surface area contributed by atoms with E-state index >= 15 is 0 Å². The Bertz CT molecular complexity index is 350. The summed E-state index contributed by atoms with van der Waals surface area (Å²) in [5, 5.41) is 17.5. The summed E-state index contributed by atoms with van der Waals surface area (Å²) in [7, 11) is 0. The predicted molar refractivity (Wildman–Crippen MR) is 57.4 cm³/mol. The van der Waals surface area contributed by atoms with Crippen LogP contribution in [0, 0.1) is 0 Å². The van der Waals surface area contributed by atoms with Gasteiger partial charge in [0.1, 0.15) is 5.75 Å². The molecule has 72 valence electrons. The second kappa shape index (κ2) is 6.06. The maximum absolute atomic E-state index is 10.5. The molecule has 1 aromatic rings. The Morgan fingerprint density at radius 2 is 1.86 bits per heavy atom. The van der Waals surface area contributed by atoms with Crippen LogP contribution in [0.3, 0.4) is 0 Å². The number of aromatic hydroxyl groups is 1. The second-order valence-corrected chi connectivity index (χ2v) is 2.72. The molecule has 1 aromatic carbocycles. The van der Waals surface area contributed by atoms with E-state index in [9.17, 15) is 4.79 Å². The fourth-order valence-corrected chi connectivity index (χ4v) is 0.882. The molecule has 3 nitrogen and oxygen atoms in total. The van der Waals surface area contributed by atoms with Crippen molar-refractivity contribution >= 4 is 49.8 Å². The van der Waals surface area contributed by atoms with Gasteiger partial charge in [0, 0.05) is 5.57 Å². The van der Waals surface area contributed by atoms with Crippen molar-refractivity contribution < 1.29 is 17.9 Å². The molecule has 0 unspecified atom stereocenters. The van der Waals surface area contributed by atoms with E-state index in [4.69, 9.17) is 10.2 Å². The van der Waals surface area contributed by atoms with Gasteiger partial charge in [-0.25, -0.2) is 4.79 Å². The van der Waals surface area contributed by atoms with E-state index in [0.717, 1.165) is 5.56 Å². The smallest absolute Gasteiger partial charge is 1.00 e. The summed E-state index contributed by atoms with van der Waals surface area (Å²) in [6, 6.07) is 6.34. The molecule has 0 bridgehead atoms. The average molecular weight is 220 g/mol. The number of aliphatic carboxylic acids is 1. The molecule has 0 fully saturated rings. The van der Waals surface area contributed by atoms with Crippen LogP contribution < -0.4 is 0 Å². The molecule has 0 saturated heterocycles. The topological polar surface area (TPSA) is 57.5 Å². The van der Waals surface area contributed by atoms with Crippen molar-refractivity contribution in [2.75, 3.05) is 0 Å². The maximum atomic E-state index is 10.5. The van der Waals surface area contributed by atoms with Gasteiger partial charge in [0.25, 0.3) is 0 Å². The molecule has 0 spiro atoms. The number of phenols is 1. The molecule has 0 aromatic heterocycles. The van der Waals surface area contributed by atoms with Crippen LogP contribution in [0.4, 0.5) is 0 Å². The number of rotatable bonds is 2. The van der Waals surface area contributed by atoms with Crippen LogP contribution in [0.1, 0.15) is 15.3 Å². The predicted octanol–water partition coefficient (Wildman–Crippen LogP) is 1.72. The molecule has 0 aliphatic rings. The summed E-state index contributed by atoms with van der Waals surface area (Å²) in [6.07, 6.45) is 1.54. The second-order valence-electron chi connectivity index (χ2n) is 2.72. The molecular formula is C10H12CaO3. The number of carboxylic acids is 1. The molecule has 4 heteroatoms. The van der Waals surface area contributed by atoms with Gasteiger partial charge in [-0.1, -0.05) is 12.1 Å². The first-order chi connectivity index (χ1) is 6.09. The van der Waals surface area contributed by atoms with Crippen molar-refractivity contribution in [1.82, 2.24) is 0 Å². The van der Waals surface area contributed by atoms with E-state index in [1.807, 2.05) is 0 Å². The molecule has 1 rings (SSSR count). The summed E-state index contributed by atoms with van der Waals surface area (Å²) < 4.78 is 0. The van der Waals surface area contributed by atoms with E-state index in [-0.39, 0.29) is 51.9 Å². The van der Waals surface area contributed by atoms with Crippen molar-refractivity contribution in [2.45, 2.75) is 6.92 Å². The maximum Gasteiger partial charge on any atom is 2.00 e. The third-order valence-corrected chi connectivity index (χ3v) is 1.61. The number of carbonyl (C=O) groups is 1. The summed E-state index contributed by atoms with van der Waals surface area (Å²) in [4.78, 5) is 10.5. The fourth-order valence-electron chi connectivity index (χ4n) is 0.882. The largest absolute Gasteiger partial charge is 2.00 e. The van der Waals surface area contributed by atoms with Gasteiger partial charge < -0.3 is 13.1 Å². The van der Waals surface area contributed by atoms with Crippen molar-refractivity contribution in [3.05, 3.63) is 35.4 Å². The first kappa shape index (κ1) is 13.5. The fraction of sp³-hybridized carbons (Fsp3) is 0.100. The minimum atomic E-state index is -0.937. The number of carboxylic acid groups (broad SMARTS) is 1. The van der Waals surface area contributed by atoms with Crippen LogP contribution in [0.2, 0.25) is 0 Å². The average Bonchev–Trinajstić information content (AvgIpc) is 2.08. The summed E-state index contributed by atoms with van der Waals surface area (Å²) in [5.41, 5.74) is 1.03. The van der Waals surface area contributed by atoms with Gasteiger partial charge in [0.15, 0.2) is 0 Å². The van der Waals surface area contributed by atoms with Gasteiger partial charge in [-0.15, -0.1) is 0 Å². The standard InChI is InChI=1S/C10H10O3.Ca.2H/c1-7(10(12)13)6-8-2-4-9(11)5-3-8;;;/h2-6,11H,1H3,(H,12,13);;;/q;+2;2*-1. The van der Waals surface area contributed by atoms with Crippen molar-refractivity contribution in [2.24, 2.45) is 0 Å². The Balaban J connectivity index is -0.000000563. The Kier molecular flexibility index (Phi) is 5.84. The van der Waals surface area contributed by atoms with Crippen LogP contribution >= 0.6 is 0 Å². The first-order valence-electron chi connectivity index (χ1n) is 3.80. The van der Waals surface area contributed by atoms with E-state index in [0.29, 0.717) is 0 Å². The number of benzene rings is 1. The number of hydrogen-bond donors (Lipinski definition) is 2. The monoisotopic (exact) mass is 220 g/mol. The summed E-state index contributed by atoms with van der Waals surface area (Å²) >= 11 is 0. The van der Waals surface area contributed by atoms with Crippen molar-refractivity contribution in [1.29, 1.82) is 0 Å². The zero-order valence-electron chi connectivity index (χ0n) is 9.90. The van der Waals surface area contributed by atoms with E-state index in [1.54, 1.807) is 18.2 Å². The van der Waals surface area contributed by atoms with Crippen LogP contribution in [-0.2, 0) is 4.79 Å². The van der Waals surface area contributed by atoms with Gasteiger partial charge in [-0.3, -0.25) is 0 Å². The SMILES string of the molecule is CC(=Cc1ccc(O)cc1)C(=O)O.[Ca+2].[H-].[H-]. The Hall–Kier alpha value is -0.510. The van der Waals surface area contributed by atoms with E-state index in [1.165, 1.54) is 19.1 Å². The molecule has 0 aliphatic heterocycles. The Labute approximate surface area is 115 Å². The van der Waals surface area contributed by atoms with E-state index in [2.05, 4.69) is 0 Å². The molecule has 14 heavy (non-hydrogen) atoms. The van der Waals surface area contributed by atoms with Gasteiger partial charge in [0.2, 0.25) is 0 Å². The third kappa shape index (κ3) is 4.13. The first-order valence-corrected chi connectivity index (χ1v) is 3.80. The molecule has 0 amide bonds. The van der Waals surface area contributed by atoms with Crippen molar-refractivity contribution in [3.8, 4) is 5.75 Å². The molecule has 0 saturated carbocycles. The van der Waals surface area contributed by atoms with Crippen LogP contribution in [0.15, 0.2) is 29.8 Å². The van der Waals surface area contributed by atoms with Gasteiger partial charge >= 0.3 is 43.7 Å². The summed E-state index contributed by atoms with van der Waals surface area (Å²) in [6.45, 7) is 1.52. The van der Waals surface area contributed by atoms with Gasteiger partial charge in [-0.2, -0.15) is 0 Å². The van der Waals surface area contributed by atoms with Crippen molar-refractivity contribution in [3.63, 3.8) is 0 Å². The Morgan fingerprint density at radius 3 is 2.29 bits per heavy atom. The molecule has 0 radical (unpaired) electrons. The quantitative estimate of drug-likeness (QED) is 0.589. The van der Waals surface area contributed by atoms with Crippen LogP contribution in [0.25, 0.3) is 6.08 Å². The summed E-state index contributed by atoms with van der Waals surface area (Å²) in [5.74, 6) is -0.766. The van der Waals surface area contributed by atoms with Gasteiger partial charge in [-0.05, 0) is 30.7 Å². The van der Waals surface area contributed by atoms with E-state index < -0.39 is 5.97 Å². The molecule has 0 aliphatic carbocycles. The minimum absolute atomic E-state index is 0. The molecular weight excluding hydrogens is 208 g/mol. The van der Waals surface area contributed by atoms with Gasteiger partial charge in [0.05, 0.1) is 0 Å². The number of phenolic OH excluding ortho intramolecular Hbond substituents is 1.